The summed E-state index contributed by atoms with van der Waals surface area (Å²) in [5, 5.41) is 16.0. The van der Waals surface area contributed by atoms with Crippen molar-refractivity contribution in [3.63, 3.8) is 0 Å². The number of nitrogens with zero attached hydrogens (tertiary/aromatic N) is 1. The van der Waals surface area contributed by atoms with Crippen molar-refractivity contribution in [2.24, 2.45) is 11.8 Å². The fourth-order valence-corrected chi connectivity index (χ4v) is 4.58. The predicted octanol–water partition coefficient (Wildman–Crippen LogP) is 4.22. The molecule has 10 heteroatoms. The van der Waals surface area contributed by atoms with Gasteiger partial charge < -0.3 is 24.8 Å². The van der Waals surface area contributed by atoms with Crippen LogP contribution in [-0.2, 0) is 10.3 Å². The number of amides is 2. The maximum Gasteiger partial charge on any atom is 0.410 e. The molecule has 8 nitrogen and oxygen atoms in total. The maximum absolute atomic E-state index is 15.5. The zero-order valence-corrected chi connectivity index (χ0v) is 23.2. The Balaban J connectivity index is 2.00. The summed E-state index contributed by atoms with van der Waals surface area (Å²) in [6.07, 6.45) is -0.605. The topological polar surface area (TPSA) is 100 Å². The Morgan fingerprint density at radius 1 is 1.21 bits per heavy atom. The van der Waals surface area contributed by atoms with Crippen LogP contribution in [0.25, 0.3) is 0 Å². The molecule has 38 heavy (non-hydrogen) atoms. The SMILES string of the molecule is CC(C)COc1ccc(F)c(C2(NC(=S)NC(=O)c3ccccc3)CN(C(=O)OC(C)(C)C)CC2CO)c1. The van der Waals surface area contributed by atoms with E-state index in [1.54, 1.807) is 57.2 Å². The molecule has 1 aliphatic rings. The molecule has 0 bridgehead atoms. The minimum absolute atomic E-state index is 0.0704. The van der Waals surface area contributed by atoms with Gasteiger partial charge in [0.05, 0.1) is 25.3 Å². The molecule has 0 spiro atoms. The van der Waals surface area contributed by atoms with Crippen molar-refractivity contribution in [3.05, 3.63) is 65.5 Å². The van der Waals surface area contributed by atoms with Crippen molar-refractivity contribution in [3.8, 4) is 5.75 Å². The number of ether oxygens (including phenoxy) is 2. The molecule has 1 aliphatic heterocycles. The molecule has 1 fully saturated rings. The van der Waals surface area contributed by atoms with Crippen LogP contribution in [0, 0.1) is 17.7 Å². The van der Waals surface area contributed by atoms with Gasteiger partial charge in [-0.2, -0.15) is 0 Å². The lowest BCUT2D eigenvalue weighted by Gasteiger charge is -2.37. The summed E-state index contributed by atoms with van der Waals surface area (Å²) >= 11 is 5.48. The first-order valence-corrected chi connectivity index (χ1v) is 13.0. The number of nitrogens with one attached hydrogen (secondary N) is 2. The molecule has 0 radical (unpaired) electrons. The van der Waals surface area contributed by atoms with Crippen molar-refractivity contribution in [2.75, 3.05) is 26.3 Å². The molecule has 1 saturated heterocycles. The second kappa shape index (κ2) is 12.1. The van der Waals surface area contributed by atoms with E-state index in [0.717, 1.165) is 0 Å². The second-order valence-corrected chi connectivity index (χ2v) is 11.2. The monoisotopic (exact) mass is 545 g/mol. The fraction of sp³-hybridized carbons (Fsp3) is 0.464. The Hall–Kier alpha value is -3.24. The largest absolute Gasteiger partial charge is 0.493 e. The molecule has 1 heterocycles. The molecule has 2 aromatic carbocycles. The van der Waals surface area contributed by atoms with E-state index in [0.29, 0.717) is 17.9 Å². The standard InChI is InChI=1S/C28H36FN3O5S/c1-18(2)16-36-21-11-12-23(29)22(13-21)28(31-25(38)30-24(34)19-9-7-6-8-10-19)17-32(14-20(28)15-33)26(35)37-27(3,4)5/h6-13,18,20,33H,14-17H2,1-5H3,(H2,30,31,34,38). The van der Waals surface area contributed by atoms with Crippen LogP contribution >= 0.6 is 12.2 Å². The van der Waals surface area contributed by atoms with Gasteiger partial charge in [-0.15, -0.1) is 0 Å². The van der Waals surface area contributed by atoms with E-state index in [4.69, 9.17) is 21.7 Å². The van der Waals surface area contributed by atoms with Crippen molar-refractivity contribution in [1.29, 1.82) is 0 Å². The quantitative estimate of drug-likeness (QED) is 0.448. The molecule has 3 rings (SSSR count). The number of aliphatic hydroxyl groups excluding tert-OH is 1. The third-order valence-corrected chi connectivity index (χ3v) is 6.26. The van der Waals surface area contributed by atoms with Gasteiger partial charge in [0.25, 0.3) is 5.91 Å². The second-order valence-electron chi connectivity index (χ2n) is 10.8. The first kappa shape index (κ1) is 29.3. The number of hydrogen-bond donors (Lipinski definition) is 3. The number of thiocarbonyl (C=S) groups is 1. The smallest absolute Gasteiger partial charge is 0.410 e. The van der Waals surface area contributed by atoms with Gasteiger partial charge in [-0.1, -0.05) is 32.0 Å². The maximum atomic E-state index is 15.5. The molecular weight excluding hydrogens is 509 g/mol. The number of carbonyl (C=O) groups is 2. The number of likely N-dealkylation sites (tertiary alicyclic amines) is 1. The van der Waals surface area contributed by atoms with Crippen LogP contribution in [0.2, 0.25) is 0 Å². The van der Waals surface area contributed by atoms with E-state index in [2.05, 4.69) is 10.6 Å². The zero-order chi connectivity index (χ0) is 28.1. The fourth-order valence-electron chi connectivity index (χ4n) is 4.31. The van der Waals surface area contributed by atoms with Crippen LogP contribution in [0.5, 0.6) is 5.75 Å². The summed E-state index contributed by atoms with van der Waals surface area (Å²) in [6, 6.07) is 12.9. The number of halogens is 1. The summed E-state index contributed by atoms with van der Waals surface area (Å²) in [5.74, 6) is -1.03. The highest BCUT2D eigenvalue weighted by Gasteiger charge is 2.52. The summed E-state index contributed by atoms with van der Waals surface area (Å²) < 4.78 is 26.9. The lowest BCUT2D eigenvalue weighted by atomic mass is 9.80. The van der Waals surface area contributed by atoms with E-state index in [1.807, 2.05) is 13.8 Å². The van der Waals surface area contributed by atoms with Crippen molar-refractivity contribution >= 4 is 29.3 Å². The Morgan fingerprint density at radius 3 is 2.50 bits per heavy atom. The van der Waals surface area contributed by atoms with E-state index in [9.17, 15) is 14.7 Å². The summed E-state index contributed by atoms with van der Waals surface area (Å²) in [7, 11) is 0. The molecule has 2 atom stereocenters. The Bertz CT molecular complexity index is 1150. The molecule has 206 valence electrons. The van der Waals surface area contributed by atoms with E-state index < -0.39 is 41.5 Å². The number of aliphatic hydroxyl groups is 1. The predicted molar refractivity (Wildman–Crippen MR) is 146 cm³/mol. The highest BCUT2D eigenvalue weighted by Crippen LogP contribution is 2.40. The first-order valence-electron chi connectivity index (χ1n) is 12.5. The number of hydrogen-bond acceptors (Lipinski definition) is 6. The Kier molecular flexibility index (Phi) is 9.32. The van der Waals surface area contributed by atoms with Gasteiger partial charge in [0.1, 0.15) is 17.2 Å². The van der Waals surface area contributed by atoms with E-state index in [1.165, 1.54) is 17.0 Å². The molecule has 2 unspecified atom stereocenters. The molecule has 2 aromatic rings. The number of rotatable bonds is 7. The van der Waals surface area contributed by atoms with Crippen LogP contribution in [-0.4, -0.2) is 59.0 Å². The molecule has 2 amide bonds. The lowest BCUT2D eigenvalue weighted by molar-refractivity contribution is 0.0277. The third kappa shape index (κ3) is 7.20. The Labute approximate surface area is 228 Å². The van der Waals surface area contributed by atoms with Crippen LogP contribution in [0.15, 0.2) is 48.5 Å². The minimum atomic E-state index is -1.38. The number of carbonyl (C=O) groups excluding carboxylic acids is 2. The van der Waals surface area contributed by atoms with Crippen molar-refractivity contribution < 1.29 is 28.6 Å². The average molecular weight is 546 g/mol. The Morgan fingerprint density at radius 2 is 1.89 bits per heavy atom. The highest BCUT2D eigenvalue weighted by molar-refractivity contribution is 7.80. The molecule has 0 aliphatic carbocycles. The van der Waals surface area contributed by atoms with Gasteiger partial charge in [-0.3, -0.25) is 10.1 Å². The lowest BCUT2D eigenvalue weighted by Crippen LogP contribution is -2.56. The molecule has 0 saturated carbocycles. The van der Waals surface area contributed by atoms with Gasteiger partial charge in [0.15, 0.2) is 5.11 Å². The molecular formula is C28H36FN3O5S. The summed E-state index contributed by atoms with van der Waals surface area (Å²) in [4.78, 5) is 27.2. The van der Waals surface area contributed by atoms with E-state index in [-0.39, 0.29) is 29.7 Å². The van der Waals surface area contributed by atoms with Crippen LogP contribution in [0.3, 0.4) is 0 Å². The third-order valence-electron chi connectivity index (χ3n) is 6.05. The van der Waals surface area contributed by atoms with Crippen molar-refractivity contribution in [1.82, 2.24) is 15.5 Å². The minimum Gasteiger partial charge on any atom is -0.493 e. The van der Waals surface area contributed by atoms with Crippen LogP contribution < -0.4 is 15.4 Å². The van der Waals surface area contributed by atoms with E-state index >= 15 is 4.39 Å². The molecule has 0 aromatic heterocycles. The van der Waals surface area contributed by atoms with Crippen LogP contribution in [0.1, 0.15) is 50.5 Å². The average Bonchev–Trinajstić information content (AvgIpc) is 3.22. The van der Waals surface area contributed by atoms with Crippen LogP contribution in [0.4, 0.5) is 9.18 Å². The van der Waals surface area contributed by atoms with Gasteiger partial charge >= 0.3 is 6.09 Å². The van der Waals surface area contributed by atoms with Gasteiger partial charge in [0, 0.05) is 23.6 Å². The summed E-state index contributed by atoms with van der Waals surface area (Å²) in [5.41, 5.74) is -1.59. The zero-order valence-electron chi connectivity index (χ0n) is 22.4. The first-order chi connectivity index (χ1) is 17.8. The van der Waals surface area contributed by atoms with Crippen molar-refractivity contribution in [2.45, 2.75) is 45.8 Å². The van der Waals surface area contributed by atoms with Gasteiger partial charge in [-0.05, 0) is 69.2 Å². The number of benzene rings is 2. The van der Waals surface area contributed by atoms with Gasteiger partial charge in [0.2, 0.25) is 0 Å². The molecule has 3 N–H and O–H groups in total. The van der Waals surface area contributed by atoms with Gasteiger partial charge in [-0.25, -0.2) is 9.18 Å². The highest BCUT2D eigenvalue weighted by atomic mass is 32.1. The summed E-state index contributed by atoms with van der Waals surface area (Å²) in [6.45, 7) is 9.28. The normalized spacial score (nSPS) is 19.3.